The lowest BCUT2D eigenvalue weighted by Gasteiger charge is -2.51. The van der Waals surface area contributed by atoms with Crippen molar-refractivity contribution < 1.29 is 14.4 Å². The van der Waals surface area contributed by atoms with Gasteiger partial charge in [-0.15, -0.1) is 0 Å². The van der Waals surface area contributed by atoms with E-state index in [9.17, 15) is 14.4 Å². The van der Waals surface area contributed by atoms with Crippen LogP contribution in [0.4, 0.5) is 0 Å². The van der Waals surface area contributed by atoms with Gasteiger partial charge in [-0.2, -0.15) is 0 Å². The molecule has 4 aliphatic carbocycles. The number of likely N-dealkylation sites (tertiary alicyclic amines) is 1. The standard InChI is InChI=1S/C27H27BrN2O3/c1-29(16-9-3-2-4-10-16)21(31)15-30-25(32)23-22-17-11-5-7-13-19(17)27(28,24(23)26(30)33)20-14-8-6-12-18(20)22/h5-8,11-14,16,22-24H,2-4,9-10,15H2,1H3/t22?,23-,24+,27?/m1/s1. The molecule has 5 nitrogen and oxygen atoms in total. The van der Waals surface area contributed by atoms with Crippen molar-refractivity contribution in [2.24, 2.45) is 11.8 Å². The van der Waals surface area contributed by atoms with E-state index in [1.807, 2.05) is 31.3 Å². The van der Waals surface area contributed by atoms with Crippen LogP contribution in [0.2, 0.25) is 0 Å². The van der Waals surface area contributed by atoms with Gasteiger partial charge in [0.2, 0.25) is 17.7 Å². The monoisotopic (exact) mass is 506 g/mol. The van der Waals surface area contributed by atoms with Gasteiger partial charge in [0.15, 0.2) is 0 Å². The van der Waals surface area contributed by atoms with Gasteiger partial charge in [-0.25, -0.2) is 0 Å². The van der Waals surface area contributed by atoms with Gasteiger partial charge in [-0.1, -0.05) is 83.7 Å². The van der Waals surface area contributed by atoms with Crippen molar-refractivity contribution in [2.75, 3.05) is 13.6 Å². The average molecular weight is 507 g/mol. The van der Waals surface area contributed by atoms with Crippen molar-refractivity contribution in [1.82, 2.24) is 9.80 Å². The fourth-order valence-corrected chi connectivity index (χ4v) is 8.02. The summed E-state index contributed by atoms with van der Waals surface area (Å²) in [6.45, 7) is -0.167. The van der Waals surface area contributed by atoms with Crippen LogP contribution in [0.15, 0.2) is 48.5 Å². The topological polar surface area (TPSA) is 57.7 Å². The molecule has 2 aromatic rings. The van der Waals surface area contributed by atoms with E-state index in [0.29, 0.717) is 0 Å². The van der Waals surface area contributed by atoms with Crippen LogP contribution in [0, 0.1) is 11.8 Å². The number of carbonyl (C=O) groups excluding carboxylic acids is 3. The van der Waals surface area contributed by atoms with E-state index >= 15 is 0 Å². The first-order valence-corrected chi connectivity index (χ1v) is 12.7. The molecule has 5 aliphatic rings. The van der Waals surface area contributed by atoms with E-state index in [1.165, 1.54) is 11.3 Å². The lowest BCUT2D eigenvalue weighted by Crippen LogP contribution is -2.50. The van der Waals surface area contributed by atoms with Crippen LogP contribution in [0.3, 0.4) is 0 Å². The van der Waals surface area contributed by atoms with Crippen LogP contribution in [-0.4, -0.2) is 47.2 Å². The highest BCUT2D eigenvalue weighted by atomic mass is 79.9. The Morgan fingerprint density at radius 1 is 0.970 bits per heavy atom. The Hall–Kier alpha value is -2.47. The number of hydrogen-bond acceptors (Lipinski definition) is 3. The van der Waals surface area contributed by atoms with Gasteiger partial charge in [0.05, 0.1) is 16.2 Å². The Morgan fingerprint density at radius 2 is 1.55 bits per heavy atom. The summed E-state index contributed by atoms with van der Waals surface area (Å²) in [4.78, 5) is 43.7. The maximum atomic E-state index is 13.8. The van der Waals surface area contributed by atoms with Crippen molar-refractivity contribution in [1.29, 1.82) is 0 Å². The zero-order valence-electron chi connectivity index (χ0n) is 18.7. The number of hydrogen-bond donors (Lipinski definition) is 0. The molecule has 33 heavy (non-hydrogen) atoms. The molecule has 2 fully saturated rings. The van der Waals surface area contributed by atoms with Crippen LogP contribution >= 0.6 is 15.9 Å². The van der Waals surface area contributed by atoms with E-state index in [1.54, 1.807) is 4.90 Å². The van der Waals surface area contributed by atoms with Crippen molar-refractivity contribution in [3.8, 4) is 0 Å². The van der Waals surface area contributed by atoms with Crippen LogP contribution in [0.1, 0.15) is 60.3 Å². The van der Waals surface area contributed by atoms with Crippen molar-refractivity contribution in [3.05, 3.63) is 70.8 Å². The maximum Gasteiger partial charge on any atom is 0.242 e. The lowest BCUT2D eigenvalue weighted by atomic mass is 9.55. The van der Waals surface area contributed by atoms with E-state index in [4.69, 9.17) is 0 Å². The third kappa shape index (κ3) is 2.79. The number of halogens is 1. The second-order valence-electron chi connectivity index (χ2n) is 9.93. The molecule has 1 saturated heterocycles. The fourth-order valence-electron chi connectivity index (χ4n) is 6.81. The van der Waals surface area contributed by atoms with Gasteiger partial charge in [0.1, 0.15) is 6.54 Å². The van der Waals surface area contributed by atoms with Gasteiger partial charge >= 0.3 is 0 Å². The Bertz CT molecular complexity index is 1120. The van der Waals surface area contributed by atoms with Crippen molar-refractivity contribution >= 4 is 33.7 Å². The van der Waals surface area contributed by atoms with E-state index in [-0.39, 0.29) is 36.2 Å². The number of alkyl halides is 1. The molecule has 1 aliphatic heterocycles. The molecule has 170 valence electrons. The molecule has 0 unspecified atom stereocenters. The average Bonchev–Trinajstić information content (AvgIpc) is 3.10. The van der Waals surface area contributed by atoms with Gasteiger partial charge in [0, 0.05) is 19.0 Å². The third-order valence-electron chi connectivity index (χ3n) is 8.41. The number of nitrogens with zero attached hydrogens (tertiary/aromatic N) is 2. The van der Waals surface area contributed by atoms with Crippen molar-refractivity contribution in [2.45, 2.75) is 48.4 Å². The summed E-state index contributed by atoms with van der Waals surface area (Å²) in [6.07, 6.45) is 5.44. The highest BCUT2D eigenvalue weighted by Gasteiger charge is 2.67. The van der Waals surface area contributed by atoms with E-state index in [2.05, 4.69) is 40.2 Å². The number of imide groups is 1. The highest BCUT2D eigenvalue weighted by molar-refractivity contribution is 9.09. The molecular weight excluding hydrogens is 480 g/mol. The largest absolute Gasteiger partial charge is 0.341 e. The molecule has 0 spiro atoms. The van der Waals surface area contributed by atoms with Crippen LogP contribution < -0.4 is 0 Å². The summed E-state index contributed by atoms with van der Waals surface area (Å²) in [5, 5.41) is 0. The SMILES string of the molecule is CN(C(=O)CN1C(=O)[C@@H]2C3c4ccccc4C(Br)(c4ccccc43)[C@@H]2C1=O)C1CCCCC1. The molecule has 3 amide bonds. The van der Waals surface area contributed by atoms with Crippen LogP contribution in [0.5, 0.6) is 0 Å². The number of rotatable bonds is 3. The summed E-state index contributed by atoms with van der Waals surface area (Å²) >= 11 is 4.00. The maximum absolute atomic E-state index is 13.8. The fraction of sp³-hybridized carbons (Fsp3) is 0.444. The number of carbonyl (C=O) groups is 3. The van der Waals surface area contributed by atoms with Crippen LogP contribution in [0.25, 0.3) is 0 Å². The highest BCUT2D eigenvalue weighted by Crippen LogP contribution is 2.66. The number of likely N-dealkylation sites (N-methyl/N-ethyl adjacent to an activating group) is 1. The smallest absolute Gasteiger partial charge is 0.242 e. The van der Waals surface area contributed by atoms with Gasteiger partial charge < -0.3 is 4.90 Å². The van der Waals surface area contributed by atoms with E-state index < -0.39 is 16.2 Å². The Morgan fingerprint density at radius 3 is 2.15 bits per heavy atom. The molecule has 2 bridgehead atoms. The zero-order chi connectivity index (χ0) is 22.9. The summed E-state index contributed by atoms with van der Waals surface area (Å²) in [5.41, 5.74) is 4.32. The molecule has 0 aromatic heterocycles. The summed E-state index contributed by atoms with van der Waals surface area (Å²) in [5.74, 6) is -1.81. The van der Waals surface area contributed by atoms with Gasteiger partial charge in [-0.05, 0) is 35.1 Å². The quantitative estimate of drug-likeness (QED) is 0.463. The molecule has 2 atom stereocenters. The first-order chi connectivity index (χ1) is 15.9. The molecule has 2 aromatic carbocycles. The normalized spacial score (nSPS) is 30.1. The minimum absolute atomic E-state index is 0.145. The minimum Gasteiger partial charge on any atom is -0.341 e. The predicted molar refractivity (Wildman–Crippen MR) is 128 cm³/mol. The van der Waals surface area contributed by atoms with Gasteiger partial charge in [-0.3, -0.25) is 19.3 Å². The summed E-state index contributed by atoms with van der Waals surface area (Å²) in [6, 6.07) is 16.4. The molecule has 6 heteroatoms. The Kier molecular flexibility index (Phi) is 4.81. The number of amides is 3. The van der Waals surface area contributed by atoms with E-state index in [0.717, 1.165) is 47.9 Å². The molecule has 7 rings (SSSR count). The summed E-state index contributed by atoms with van der Waals surface area (Å²) < 4.78 is -0.764. The second kappa shape index (κ2) is 7.52. The molecule has 1 heterocycles. The first kappa shape index (κ1) is 21.1. The lowest BCUT2D eigenvalue weighted by molar-refractivity contribution is -0.147. The predicted octanol–water partition coefficient (Wildman–Crippen LogP) is 4.18. The van der Waals surface area contributed by atoms with Gasteiger partial charge in [0.25, 0.3) is 0 Å². The molecular formula is C27H27BrN2O3. The summed E-state index contributed by atoms with van der Waals surface area (Å²) in [7, 11) is 1.82. The third-order valence-corrected chi connectivity index (χ3v) is 9.76. The molecule has 0 radical (unpaired) electrons. The number of benzene rings is 2. The molecule has 0 N–H and O–H groups in total. The minimum atomic E-state index is -0.764. The second-order valence-corrected chi connectivity index (χ2v) is 11.2. The Balaban J connectivity index is 1.38. The zero-order valence-corrected chi connectivity index (χ0v) is 20.3. The van der Waals surface area contributed by atoms with Crippen molar-refractivity contribution in [3.63, 3.8) is 0 Å². The Labute approximate surface area is 202 Å². The molecule has 1 saturated carbocycles. The van der Waals surface area contributed by atoms with Crippen LogP contribution in [-0.2, 0) is 18.7 Å². The first-order valence-electron chi connectivity index (χ1n) is 11.9.